The van der Waals surface area contributed by atoms with E-state index in [4.69, 9.17) is 5.73 Å². The van der Waals surface area contributed by atoms with Crippen LogP contribution in [0.2, 0.25) is 0 Å². The normalized spacial score (nSPS) is 15.7. The molecular formula is C13H29ClN2O2. The molecule has 0 aromatic carbocycles. The van der Waals surface area contributed by atoms with Gasteiger partial charge in [-0.15, -0.1) is 12.4 Å². The first-order valence-electron chi connectivity index (χ1n) is 6.57. The number of carbonyl (C=O) groups excluding carboxylic acids is 1. The standard InChI is InChI=1S/C13H28N2O2.ClH/c1-5-10(4)8-15-13(17)7-12(16)11(14)6-9(2)3;/h9-12,16H,5-8,14H2,1-4H3,(H,15,17);1H/t10-,11?,12?;/m0./s1. The van der Waals surface area contributed by atoms with E-state index in [2.05, 4.69) is 33.0 Å². The van der Waals surface area contributed by atoms with E-state index in [0.29, 0.717) is 18.4 Å². The highest BCUT2D eigenvalue weighted by Gasteiger charge is 2.19. The van der Waals surface area contributed by atoms with Gasteiger partial charge in [-0.2, -0.15) is 0 Å². The number of rotatable bonds is 8. The summed E-state index contributed by atoms with van der Waals surface area (Å²) in [7, 11) is 0. The largest absolute Gasteiger partial charge is 0.391 e. The second-order valence-electron chi connectivity index (χ2n) is 5.38. The Morgan fingerprint density at radius 3 is 2.33 bits per heavy atom. The van der Waals surface area contributed by atoms with Gasteiger partial charge in [-0.1, -0.05) is 34.1 Å². The Labute approximate surface area is 117 Å². The van der Waals surface area contributed by atoms with E-state index in [0.717, 1.165) is 12.8 Å². The van der Waals surface area contributed by atoms with Crippen LogP contribution in [-0.2, 0) is 4.79 Å². The van der Waals surface area contributed by atoms with Gasteiger partial charge in [0.1, 0.15) is 0 Å². The van der Waals surface area contributed by atoms with Crippen molar-refractivity contribution in [3.05, 3.63) is 0 Å². The molecule has 18 heavy (non-hydrogen) atoms. The van der Waals surface area contributed by atoms with Crippen LogP contribution in [0.3, 0.4) is 0 Å². The van der Waals surface area contributed by atoms with Crippen LogP contribution in [0, 0.1) is 11.8 Å². The zero-order chi connectivity index (χ0) is 13.4. The minimum absolute atomic E-state index is 0. The molecule has 0 saturated carbocycles. The lowest BCUT2D eigenvalue weighted by molar-refractivity contribution is -0.123. The number of hydrogen-bond acceptors (Lipinski definition) is 3. The monoisotopic (exact) mass is 280 g/mol. The van der Waals surface area contributed by atoms with Crippen molar-refractivity contribution < 1.29 is 9.90 Å². The Kier molecular flexibility index (Phi) is 11.8. The van der Waals surface area contributed by atoms with Crippen molar-refractivity contribution in [1.29, 1.82) is 0 Å². The van der Waals surface area contributed by atoms with Crippen molar-refractivity contribution in [2.75, 3.05) is 6.54 Å². The van der Waals surface area contributed by atoms with Gasteiger partial charge in [0.25, 0.3) is 0 Å². The van der Waals surface area contributed by atoms with E-state index in [9.17, 15) is 9.90 Å². The van der Waals surface area contributed by atoms with Crippen molar-refractivity contribution >= 4 is 18.3 Å². The molecule has 0 aliphatic rings. The molecule has 0 bridgehead atoms. The summed E-state index contributed by atoms with van der Waals surface area (Å²) >= 11 is 0. The lowest BCUT2D eigenvalue weighted by atomic mass is 9.98. The summed E-state index contributed by atoms with van der Waals surface area (Å²) in [6, 6.07) is -0.315. The van der Waals surface area contributed by atoms with Gasteiger partial charge in [0.2, 0.25) is 5.91 Å². The van der Waals surface area contributed by atoms with Gasteiger partial charge in [0.15, 0.2) is 0 Å². The Morgan fingerprint density at radius 2 is 1.89 bits per heavy atom. The molecule has 3 atom stereocenters. The smallest absolute Gasteiger partial charge is 0.222 e. The van der Waals surface area contributed by atoms with E-state index in [-0.39, 0.29) is 30.8 Å². The van der Waals surface area contributed by atoms with Crippen LogP contribution < -0.4 is 11.1 Å². The Morgan fingerprint density at radius 1 is 1.33 bits per heavy atom. The number of aliphatic hydroxyl groups excluding tert-OH is 1. The van der Waals surface area contributed by atoms with Crippen LogP contribution >= 0.6 is 12.4 Å². The first-order chi connectivity index (χ1) is 7.86. The van der Waals surface area contributed by atoms with Crippen LogP contribution in [0.15, 0.2) is 0 Å². The first kappa shape index (κ1) is 20.0. The minimum atomic E-state index is -0.741. The van der Waals surface area contributed by atoms with Gasteiger partial charge >= 0.3 is 0 Å². The Hall–Kier alpha value is -0.320. The van der Waals surface area contributed by atoms with Crippen molar-refractivity contribution in [2.45, 2.75) is 59.1 Å². The second kappa shape index (κ2) is 10.6. The molecule has 0 heterocycles. The SMILES string of the molecule is CC[C@H](C)CNC(=O)CC(O)C(N)CC(C)C.Cl. The molecule has 1 amide bonds. The highest BCUT2D eigenvalue weighted by Crippen LogP contribution is 2.08. The topological polar surface area (TPSA) is 75.3 Å². The van der Waals surface area contributed by atoms with Gasteiger partial charge in [0.05, 0.1) is 12.5 Å². The summed E-state index contributed by atoms with van der Waals surface area (Å²) in [6.07, 6.45) is 1.13. The molecule has 0 aliphatic carbocycles. The zero-order valence-corrected chi connectivity index (χ0v) is 12.8. The number of nitrogens with one attached hydrogen (secondary N) is 1. The van der Waals surface area contributed by atoms with Crippen molar-refractivity contribution in [3.8, 4) is 0 Å². The molecule has 0 aliphatic heterocycles. The first-order valence-corrected chi connectivity index (χ1v) is 6.57. The van der Waals surface area contributed by atoms with Crippen LogP contribution in [-0.4, -0.2) is 29.7 Å². The molecule has 0 fully saturated rings. The number of halogens is 1. The summed E-state index contributed by atoms with van der Waals surface area (Å²) in [5.74, 6) is 0.792. The number of carbonyl (C=O) groups is 1. The molecular weight excluding hydrogens is 252 g/mol. The predicted octanol–water partition coefficient (Wildman–Crippen LogP) is 1.69. The molecule has 0 aromatic heterocycles. The van der Waals surface area contributed by atoms with Crippen LogP contribution in [0.5, 0.6) is 0 Å². The average molecular weight is 281 g/mol. The van der Waals surface area contributed by atoms with E-state index in [1.807, 2.05) is 0 Å². The molecule has 0 rings (SSSR count). The fourth-order valence-electron chi connectivity index (χ4n) is 1.55. The lowest BCUT2D eigenvalue weighted by Gasteiger charge is -2.20. The summed E-state index contributed by atoms with van der Waals surface area (Å²) in [5.41, 5.74) is 5.82. The van der Waals surface area contributed by atoms with E-state index >= 15 is 0 Å². The molecule has 0 aromatic rings. The van der Waals surface area contributed by atoms with E-state index < -0.39 is 6.10 Å². The fourth-order valence-corrected chi connectivity index (χ4v) is 1.55. The lowest BCUT2D eigenvalue weighted by Crippen LogP contribution is -2.40. The van der Waals surface area contributed by atoms with Gasteiger partial charge in [-0.05, 0) is 18.3 Å². The zero-order valence-electron chi connectivity index (χ0n) is 12.0. The maximum Gasteiger partial charge on any atom is 0.222 e. The predicted molar refractivity (Wildman–Crippen MR) is 77.8 cm³/mol. The summed E-state index contributed by atoms with van der Waals surface area (Å²) < 4.78 is 0. The molecule has 5 heteroatoms. The number of aliphatic hydroxyl groups is 1. The highest BCUT2D eigenvalue weighted by atomic mass is 35.5. The van der Waals surface area contributed by atoms with Crippen molar-refractivity contribution in [2.24, 2.45) is 17.6 Å². The maximum atomic E-state index is 11.5. The van der Waals surface area contributed by atoms with Gasteiger partial charge in [-0.3, -0.25) is 4.79 Å². The third kappa shape index (κ3) is 9.68. The number of amides is 1. The third-order valence-corrected chi connectivity index (χ3v) is 2.98. The maximum absolute atomic E-state index is 11.5. The van der Waals surface area contributed by atoms with Crippen molar-refractivity contribution in [1.82, 2.24) is 5.32 Å². The molecule has 0 radical (unpaired) electrons. The molecule has 110 valence electrons. The summed E-state index contributed by atoms with van der Waals surface area (Å²) in [4.78, 5) is 11.5. The van der Waals surface area contributed by atoms with Crippen LogP contribution in [0.25, 0.3) is 0 Å². The van der Waals surface area contributed by atoms with Gasteiger partial charge < -0.3 is 16.2 Å². The number of hydrogen-bond donors (Lipinski definition) is 3. The molecule has 0 saturated heterocycles. The molecule has 2 unspecified atom stereocenters. The quantitative estimate of drug-likeness (QED) is 0.633. The van der Waals surface area contributed by atoms with E-state index in [1.54, 1.807) is 0 Å². The third-order valence-electron chi connectivity index (χ3n) is 2.98. The Balaban J connectivity index is 0. The Bertz CT molecular complexity index is 225. The highest BCUT2D eigenvalue weighted by molar-refractivity contribution is 5.85. The molecule has 4 nitrogen and oxygen atoms in total. The van der Waals surface area contributed by atoms with Gasteiger partial charge in [-0.25, -0.2) is 0 Å². The van der Waals surface area contributed by atoms with E-state index in [1.165, 1.54) is 0 Å². The average Bonchev–Trinajstić information content (AvgIpc) is 2.24. The van der Waals surface area contributed by atoms with Gasteiger partial charge in [0, 0.05) is 12.6 Å². The van der Waals surface area contributed by atoms with Crippen LogP contribution in [0.4, 0.5) is 0 Å². The minimum Gasteiger partial charge on any atom is -0.391 e. The van der Waals surface area contributed by atoms with Crippen molar-refractivity contribution in [3.63, 3.8) is 0 Å². The molecule has 4 N–H and O–H groups in total. The summed E-state index contributed by atoms with van der Waals surface area (Å²) in [5, 5.41) is 12.6. The molecule has 0 spiro atoms. The summed E-state index contributed by atoms with van der Waals surface area (Å²) in [6.45, 7) is 8.94. The number of nitrogens with two attached hydrogens (primary N) is 1. The fraction of sp³-hybridized carbons (Fsp3) is 0.923. The second-order valence-corrected chi connectivity index (χ2v) is 5.38. The van der Waals surface area contributed by atoms with Crippen LogP contribution in [0.1, 0.15) is 47.0 Å².